The summed E-state index contributed by atoms with van der Waals surface area (Å²) in [6, 6.07) is 5.97. The van der Waals surface area contributed by atoms with Crippen LogP contribution in [0.1, 0.15) is 12.5 Å². The second-order valence-corrected chi connectivity index (χ2v) is 3.54. The van der Waals surface area contributed by atoms with Crippen LogP contribution in [0.5, 0.6) is 5.75 Å². The number of rotatable bonds is 5. The highest BCUT2D eigenvalue weighted by molar-refractivity contribution is 5.51. The number of nitrogens with zero attached hydrogens (tertiary/aromatic N) is 2. The molecule has 1 N–H and O–H groups in total. The summed E-state index contributed by atoms with van der Waals surface area (Å²) in [6.45, 7) is 2.35. The Balaban J connectivity index is 3.01. The molecule has 1 rings (SSSR count). The zero-order chi connectivity index (χ0) is 12.8. The highest BCUT2D eigenvalue weighted by atomic mass is 16.6. The van der Waals surface area contributed by atoms with Gasteiger partial charge in [0.25, 0.3) is 0 Å². The molecular weight excluding hydrogens is 222 g/mol. The van der Waals surface area contributed by atoms with Gasteiger partial charge in [-0.05, 0) is 20.0 Å². The molecule has 1 unspecified atom stereocenters. The predicted molar refractivity (Wildman–Crippen MR) is 61.8 cm³/mol. The number of hydrogen-bond acceptors (Lipinski definition) is 5. The van der Waals surface area contributed by atoms with Crippen molar-refractivity contribution >= 4 is 5.69 Å². The molecule has 1 aromatic carbocycles. The van der Waals surface area contributed by atoms with E-state index in [1.807, 2.05) is 6.07 Å². The van der Waals surface area contributed by atoms with Crippen molar-refractivity contribution in [1.29, 1.82) is 5.26 Å². The van der Waals surface area contributed by atoms with E-state index in [1.165, 1.54) is 18.2 Å². The van der Waals surface area contributed by atoms with Gasteiger partial charge in [-0.3, -0.25) is 10.1 Å². The van der Waals surface area contributed by atoms with Crippen molar-refractivity contribution < 1.29 is 9.66 Å². The molecule has 1 aromatic rings. The minimum atomic E-state index is -0.525. The van der Waals surface area contributed by atoms with Gasteiger partial charge in [-0.1, -0.05) is 0 Å². The summed E-state index contributed by atoms with van der Waals surface area (Å²) in [5, 5.41) is 22.4. The van der Waals surface area contributed by atoms with Gasteiger partial charge in [0.15, 0.2) is 5.75 Å². The summed E-state index contributed by atoms with van der Waals surface area (Å²) < 4.78 is 5.43. The first-order valence-corrected chi connectivity index (χ1v) is 5.08. The summed E-state index contributed by atoms with van der Waals surface area (Å²) in [5.74, 6) is 0.122. The summed E-state index contributed by atoms with van der Waals surface area (Å²) in [4.78, 5) is 10.3. The number of ether oxygens (including phenoxy) is 1. The minimum Gasteiger partial charge on any atom is -0.482 e. The Bertz CT molecular complexity index is 454. The Morgan fingerprint density at radius 3 is 2.88 bits per heavy atom. The topological polar surface area (TPSA) is 88.2 Å². The van der Waals surface area contributed by atoms with E-state index in [9.17, 15) is 10.1 Å². The summed E-state index contributed by atoms with van der Waals surface area (Å²) in [6.07, 6.45) is -0.215. The minimum absolute atomic E-state index is 0.122. The van der Waals surface area contributed by atoms with E-state index < -0.39 is 4.92 Å². The first-order chi connectivity index (χ1) is 8.08. The lowest BCUT2D eigenvalue weighted by Gasteiger charge is -2.14. The lowest BCUT2D eigenvalue weighted by atomic mass is 10.2. The first-order valence-electron chi connectivity index (χ1n) is 5.08. The first kappa shape index (κ1) is 12.9. The molecule has 6 heteroatoms. The van der Waals surface area contributed by atoms with Crippen LogP contribution in [0.4, 0.5) is 5.69 Å². The zero-order valence-corrected chi connectivity index (χ0v) is 9.64. The fourth-order valence-electron chi connectivity index (χ4n) is 1.37. The second kappa shape index (κ2) is 5.82. The van der Waals surface area contributed by atoms with Gasteiger partial charge in [0, 0.05) is 18.7 Å². The van der Waals surface area contributed by atoms with E-state index in [0.29, 0.717) is 12.1 Å². The molecule has 0 saturated carbocycles. The monoisotopic (exact) mass is 235 g/mol. The van der Waals surface area contributed by atoms with Crippen LogP contribution in [0.25, 0.3) is 0 Å². The number of nitro groups is 1. The third kappa shape index (κ3) is 3.43. The van der Waals surface area contributed by atoms with Gasteiger partial charge in [0.1, 0.15) is 6.10 Å². The van der Waals surface area contributed by atoms with Crippen molar-refractivity contribution in [3.05, 3.63) is 33.9 Å². The molecule has 0 fully saturated rings. The van der Waals surface area contributed by atoms with Crippen molar-refractivity contribution in [2.75, 3.05) is 13.6 Å². The van der Waals surface area contributed by atoms with Crippen molar-refractivity contribution in [3.63, 3.8) is 0 Å². The largest absolute Gasteiger partial charge is 0.482 e. The average Bonchev–Trinajstić information content (AvgIpc) is 2.28. The molecule has 0 heterocycles. The summed E-state index contributed by atoms with van der Waals surface area (Å²) in [7, 11) is 1.76. The fraction of sp³-hybridized carbons (Fsp3) is 0.364. The lowest BCUT2D eigenvalue weighted by Crippen LogP contribution is -2.26. The summed E-state index contributed by atoms with van der Waals surface area (Å²) >= 11 is 0. The van der Waals surface area contributed by atoms with E-state index in [0.717, 1.165) is 0 Å². The Hall–Kier alpha value is -2.13. The van der Waals surface area contributed by atoms with Gasteiger partial charge in [-0.15, -0.1) is 0 Å². The molecule has 0 spiro atoms. The van der Waals surface area contributed by atoms with Gasteiger partial charge in [-0.2, -0.15) is 5.26 Å². The maximum absolute atomic E-state index is 10.8. The number of nitriles is 1. The third-order valence-corrected chi connectivity index (χ3v) is 2.11. The van der Waals surface area contributed by atoms with Crippen LogP contribution < -0.4 is 10.1 Å². The molecule has 90 valence electrons. The fourth-order valence-corrected chi connectivity index (χ4v) is 1.37. The number of nitrogens with one attached hydrogen (secondary N) is 1. The van der Waals surface area contributed by atoms with Gasteiger partial charge in [-0.25, -0.2) is 0 Å². The molecule has 6 nitrogen and oxygen atoms in total. The Kier molecular flexibility index (Phi) is 4.43. The SMILES string of the molecule is CNCC(C)Oc1cc(C#N)ccc1[N+](=O)[O-]. The van der Waals surface area contributed by atoms with E-state index >= 15 is 0 Å². The molecule has 0 aliphatic carbocycles. The van der Waals surface area contributed by atoms with Crippen molar-refractivity contribution in [1.82, 2.24) is 5.32 Å². The molecule has 0 saturated heterocycles. The van der Waals surface area contributed by atoms with Gasteiger partial charge in [0.2, 0.25) is 0 Å². The molecule has 0 bridgehead atoms. The average molecular weight is 235 g/mol. The van der Waals surface area contributed by atoms with Gasteiger partial charge < -0.3 is 10.1 Å². The van der Waals surface area contributed by atoms with Crippen molar-refractivity contribution in [3.8, 4) is 11.8 Å². The highest BCUT2D eigenvalue weighted by Gasteiger charge is 2.17. The molecule has 0 aliphatic rings. The van der Waals surface area contributed by atoms with Crippen LogP contribution in [0.3, 0.4) is 0 Å². The maximum atomic E-state index is 10.8. The second-order valence-electron chi connectivity index (χ2n) is 3.54. The quantitative estimate of drug-likeness (QED) is 0.616. The van der Waals surface area contributed by atoms with Crippen LogP contribution in [0, 0.1) is 21.4 Å². The van der Waals surface area contributed by atoms with E-state index in [1.54, 1.807) is 14.0 Å². The zero-order valence-electron chi connectivity index (χ0n) is 9.64. The van der Waals surface area contributed by atoms with Crippen molar-refractivity contribution in [2.45, 2.75) is 13.0 Å². The van der Waals surface area contributed by atoms with Crippen LogP contribution in [0.2, 0.25) is 0 Å². The standard InChI is InChI=1S/C11H13N3O3/c1-8(7-13-2)17-11-5-9(6-12)3-4-10(11)14(15)16/h3-5,8,13H,7H2,1-2H3. The summed E-state index contributed by atoms with van der Waals surface area (Å²) in [5.41, 5.74) is 0.203. The number of benzene rings is 1. The van der Waals surface area contributed by atoms with Gasteiger partial charge in [0.05, 0.1) is 16.6 Å². The van der Waals surface area contributed by atoms with Gasteiger partial charge >= 0.3 is 5.69 Å². The molecule has 0 aliphatic heterocycles. The van der Waals surface area contributed by atoms with Crippen LogP contribution in [0.15, 0.2) is 18.2 Å². The number of hydrogen-bond donors (Lipinski definition) is 1. The molecule has 0 aromatic heterocycles. The van der Waals surface area contributed by atoms with Crippen LogP contribution >= 0.6 is 0 Å². The van der Waals surface area contributed by atoms with Crippen LogP contribution in [-0.2, 0) is 0 Å². The molecule has 17 heavy (non-hydrogen) atoms. The third-order valence-electron chi connectivity index (χ3n) is 2.11. The van der Waals surface area contributed by atoms with E-state index in [-0.39, 0.29) is 17.5 Å². The Morgan fingerprint density at radius 1 is 1.65 bits per heavy atom. The number of nitro benzene ring substituents is 1. The normalized spacial score (nSPS) is 11.6. The molecular formula is C11H13N3O3. The Morgan fingerprint density at radius 2 is 2.35 bits per heavy atom. The maximum Gasteiger partial charge on any atom is 0.311 e. The molecule has 1 atom stereocenters. The Labute approximate surface area is 99.0 Å². The smallest absolute Gasteiger partial charge is 0.311 e. The molecule has 0 radical (unpaired) electrons. The number of likely N-dealkylation sites (N-methyl/N-ethyl adjacent to an activating group) is 1. The van der Waals surface area contributed by atoms with Crippen molar-refractivity contribution in [2.24, 2.45) is 0 Å². The highest BCUT2D eigenvalue weighted by Crippen LogP contribution is 2.28. The predicted octanol–water partition coefficient (Wildman–Crippen LogP) is 1.45. The lowest BCUT2D eigenvalue weighted by molar-refractivity contribution is -0.386. The van der Waals surface area contributed by atoms with E-state index in [4.69, 9.17) is 10.00 Å². The van der Waals surface area contributed by atoms with Crippen LogP contribution in [-0.4, -0.2) is 24.6 Å². The van der Waals surface area contributed by atoms with E-state index in [2.05, 4.69) is 5.32 Å². The molecule has 0 amide bonds.